The van der Waals surface area contributed by atoms with Crippen LogP contribution >= 0.6 is 0 Å². The number of rotatable bonds is 6. The first-order chi connectivity index (χ1) is 10.1. The molecular weight excluding hydrogens is 264 g/mol. The van der Waals surface area contributed by atoms with E-state index < -0.39 is 0 Å². The predicted octanol–water partition coefficient (Wildman–Crippen LogP) is 2.46. The number of ether oxygens (including phenoxy) is 1. The second-order valence-corrected chi connectivity index (χ2v) is 6.06. The Hall–Kier alpha value is -1.55. The van der Waals surface area contributed by atoms with E-state index in [-0.39, 0.29) is 17.9 Å². The lowest BCUT2D eigenvalue weighted by Gasteiger charge is -2.17. The van der Waals surface area contributed by atoms with E-state index >= 15 is 0 Å². The highest BCUT2D eigenvalue weighted by molar-refractivity contribution is 5.79. The van der Waals surface area contributed by atoms with E-state index in [1.807, 2.05) is 38.1 Å². The minimum atomic E-state index is 0.0959. The average Bonchev–Trinajstić information content (AvgIpc) is 2.94. The Bertz CT molecular complexity index is 456. The van der Waals surface area contributed by atoms with Crippen molar-refractivity contribution in [2.75, 3.05) is 6.54 Å². The number of nitrogens with two attached hydrogens (primary N) is 1. The molecule has 1 aromatic carbocycles. The van der Waals surface area contributed by atoms with Crippen molar-refractivity contribution in [2.24, 2.45) is 17.6 Å². The zero-order valence-electron chi connectivity index (χ0n) is 13.0. The van der Waals surface area contributed by atoms with Crippen LogP contribution in [0.3, 0.4) is 0 Å². The van der Waals surface area contributed by atoms with Gasteiger partial charge in [0.25, 0.3) is 0 Å². The van der Waals surface area contributed by atoms with E-state index in [0.717, 1.165) is 30.6 Å². The third-order valence-corrected chi connectivity index (χ3v) is 4.06. The van der Waals surface area contributed by atoms with Crippen LogP contribution in [0.15, 0.2) is 24.3 Å². The first-order valence-corrected chi connectivity index (χ1v) is 7.83. The van der Waals surface area contributed by atoms with Crippen LogP contribution in [-0.2, 0) is 11.3 Å². The highest BCUT2D eigenvalue weighted by Crippen LogP contribution is 2.31. The average molecular weight is 290 g/mol. The Morgan fingerprint density at radius 1 is 1.33 bits per heavy atom. The van der Waals surface area contributed by atoms with Crippen molar-refractivity contribution in [1.82, 2.24) is 5.32 Å². The molecule has 2 atom stereocenters. The smallest absolute Gasteiger partial charge is 0.223 e. The molecule has 21 heavy (non-hydrogen) atoms. The Morgan fingerprint density at radius 2 is 2.05 bits per heavy atom. The Morgan fingerprint density at radius 3 is 2.67 bits per heavy atom. The molecule has 1 fully saturated rings. The molecule has 1 saturated carbocycles. The van der Waals surface area contributed by atoms with E-state index in [1.165, 1.54) is 0 Å². The molecule has 2 rings (SSSR count). The third-order valence-electron chi connectivity index (χ3n) is 4.06. The van der Waals surface area contributed by atoms with Crippen molar-refractivity contribution < 1.29 is 9.53 Å². The minimum Gasteiger partial charge on any atom is -0.491 e. The standard InChI is InChI=1S/C17H26N2O2/c1-12(2)21-15-8-6-13(7-9-15)11-19-17(20)16-5-3-4-14(16)10-18/h6-9,12,14,16H,3-5,10-11,18H2,1-2H3,(H,19,20)/t14-,16-/m1/s1. The van der Waals surface area contributed by atoms with Crippen LogP contribution < -0.4 is 15.8 Å². The van der Waals surface area contributed by atoms with Gasteiger partial charge in [-0.2, -0.15) is 0 Å². The number of amides is 1. The molecule has 1 aromatic rings. The van der Waals surface area contributed by atoms with Gasteiger partial charge >= 0.3 is 0 Å². The van der Waals surface area contributed by atoms with Gasteiger partial charge in [0.1, 0.15) is 5.75 Å². The summed E-state index contributed by atoms with van der Waals surface area (Å²) in [6, 6.07) is 7.87. The van der Waals surface area contributed by atoms with Crippen LogP contribution in [0, 0.1) is 11.8 Å². The lowest BCUT2D eigenvalue weighted by Crippen LogP contribution is -2.34. The molecule has 0 unspecified atom stereocenters. The van der Waals surface area contributed by atoms with E-state index in [9.17, 15) is 4.79 Å². The largest absolute Gasteiger partial charge is 0.491 e. The van der Waals surface area contributed by atoms with Gasteiger partial charge in [0, 0.05) is 12.5 Å². The maximum atomic E-state index is 12.2. The molecule has 0 aromatic heterocycles. The van der Waals surface area contributed by atoms with Crippen LogP contribution in [0.1, 0.15) is 38.7 Å². The van der Waals surface area contributed by atoms with Gasteiger partial charge in [-0.1, -0.05) is 18.6 Å². The summed E-state index contributed by atoms with van der Waals surface area (Å²) in [5.41, 5.74) is 6.82. The first-order valence-electron chi connectivity index (χ1n) is 7.83. The normalized spacial score (nSPS) is 21.5. The molecule has 0 radical (unpaired) electrons. The Kier molecular flexibility index (Phi) is 5.62. The summed E-state index contributed by atoms with van der Waals surface area (Å²) in [7, 11) is 0. The van der Waals surface area contributed by atoms with Crippen molar-refractivity contribution in [3.8, 4) is 5.75 Å². The topological polar surface area (TPSA) is 64.3 Å². The molecule has 0 aliphatic heterocycles. The first kappa shape index (κ1) is 15.8. The fourth-order valence-corrected chi connectivity index (χ4v) is 2.94. The Balaban J connectivity index is 1.83. The zero-order valence-corrected chi connectivity index (χ0v) is 13.0. The lowest BCUT2D eigenvalue weighted by atomic mass is 9.95. The SMILES string of the molecule is CC(C)Oc1ccc(CNC(=O)[C@@H]2CCC[C@@H]2CN)cc1. The molecule has 0 spiro atoms. The van der Waals surface area contributed by atoms with Gasteiger partial charge in [-0.15, -0.1) is 0 Å². The van der Waals surface area contributed by atoms with Gasteiger partial charge in [0.2, 0.25) is 5.91 Å². The van der Waals surface area contributed by atoms with Gasteiger partial charge in [-0.25, -0.2) is 0 Å². The summed E-state index contributed by atoms with van der Waals surface area (Å²) in [5.74, 6) is 1.45. The number of nitrogens with one attached hydrogen (secondary N) is 1. The van der Waals surface area contributed by atoms with Crippen LogP contribution in [0.25, 0.3) is 0 Å². The number of benzene rings is 1. The van der Waals surface area contributed by atoms with Gasteiger partial charge < -0.3 is 15.8 Å². The van der Waals surface area contributed by atoms with E-state index in [2.05, 4.69) is 5.32 Å². The lowest BCUT2D eigenvalue weighted by molar-refractivity contribution is -0.126. The maximum Gasteiger partial charge on any atom is 0.223 e. The van der Waals surface area contributed by atoms with E-state index in [4.69, 9.17) is 10.5 Å². The quantitative estimate of drug-likeness (QED) is 0.846. The highest BCUT2D eigenvalue weighted by Gasteiger charge is 2.31. The molecule has 0 saturated heterocycles. The predicted molar refractivity (Wildman–Crippen MR) is 83.9 cm³/mol. The number of carbonyl (C=O) groups excluding carboxylic acids is 1. The van der Waals surface area contributed by atoms with Gasteiger partial charge in [-0.3, -0.25) is 4.79 Å². The molecular formula is C17H26N2O2. The fourth-order valence-electron chi connectivity index (χ4n) is 2.94. The van der Waals surface area contributed by atoms with Crippen molar-refractivity contribution in [3.05, 3.63) is 29.8 Å². The van der Waals surface area contributed by atoms with Crippen molar-refractivity contribution in [2.45, 2.75) is 45.8 Å². The summed E-state index contributed by atoms with van der Waals surface area (Å²) in [4.78, 5) is 12.2. The van der Waals surface area contributed by atoms with Gasteiger partial charge in [0.15, 0.2) is 0 Å². The van der Waals surface area contributed by atoms with Gasteiger partial charge in [0.05, 0.1) is 6.10 Å². The second kappa shape index (κ2) is 7.46. The summed E-state index contributed by atoms with van der Waals surface area (Å²) >= 11 is 0. The van der Waals surface area contributed by atoms with Crippen LogP contribution in [-0.4, -0.2) is 18.6 Å². The molecule has 1 aliphatic rings. The highest BCUT2D eigenvalue weighted by atomic mass is 16.5. The monoisotopic (exact) mass is 290 g/mol. The number of carbonyl (C=O) groups is 1. The molecule has 0 heterocycles. The van der Waals surface area contributed by atoms with Crippen molar-refractivity contribution in [3.63, 3.8) is 0 Å². The zero-order chi connectivity index (χ0) is 15.2. The third kappa shape index (κ3) is 4.46. The molecule has 1 aliphatic carbocycles. The molecule has 3 N–H and O–H groups in total. The fraction of sp³-hybridized carbons (Fsp3) is 0.588. The summed E-state index contributed by atoms with van der Waals surface area (Å²) in [5, 5.41) is 3.03. The van der Waals surface area contributed by atoms with Gasteiger partial charge in [-0.05, 0) is 56.8 Å². The second-order valence-electron chi connectivity index (χ2n) is 6.06. The van der Waals surface area contributed by atoms with Crippen molar-refractivity contribution >= 4 is 5.91 Å². The molecule has 1 amide bonds. The number of hydrogen-bond donors (Lipinski definition) is 2. The summed E-state index contributed by atoms with van der Waals surface area (Å²) in [6.45, 7) is 5.18. The van der Waals surface area contributed by atoms with Crippen molar-refractivity contribution in [1.29, 1.82) is 0 Å². The maximum absolute atomic E-state index is 12.2. The summed E-state index contributed by atoms with van der Waals surface area (Å²) in [6.07, 6.45) is 3.33. The number of hydrogen-bond acceptors (Lipinski definition) is 3. The van der Waals surface area contributed by atoms with Crippen LogP contribution in [0.5, 0.6) is 5.75 Å². The molecule has 116 valence electrons. The minimum absolute atomic E-state index is 0.0959. The van der Waals surface area contributed by atoms with E-state index in [1.54, 1.807) is 0 Å². The Labute approximate surface area is 127 Å². The van der Waals surface area contributed by atoms with Crippen LogP contribution in [0.2, 0.25) is 0 Å². The van der Waals surface area contributed by atoms with E-state index in [0.29, 0.717) is 19.0 Å². The molecule has 4 heteroatoms. The summed E-state index contributed by atoms with van der Waals surface area (Å²) < 4.78 is 5.60. The van der Waals surface area contributed by atoms with Crippen LogP contribution in [0.4, 0.5) is 0 Å². The molecule has 4 nitrogen and oxygen atoms in total. The molecule has 0 bridgehead atoms.